The van der Waals surface area contributed by atoms with Crippen molar-refractivity contribution in [1.82, 2.24) is 4.90 Å². The molecule has 14 heavy (non-hydrogen) atoms. The Morgan fingerprint density at radius 3 is 2.93 bits per heavy atom. The van der Waals surface area contributed by atoms with Gasteiger partial charge in [0.25, 0.3) is 0 Å². The highest BCUT2D eigenvalue weighted by Gasteiger charge is 2.19. The van der Waals surface area contributed by atoms with E-state index in [1.807, 2.05) is 0 Å². The first-order chi connectivity index (χ1) is 6.76. The molecule has 1 aliphatic rings. The molecule has 0 radical (unpaired) electrons. The lowest BCUT2D eigenvalue weighted by atomic mass is 10.1. The molecule has 1 saturated heterocycles. The van der Waals surface area contributed by atoms with Gasteiger partial charge in [-0.15, -0.1) is 0 Å². The van der Waals surface area contributed by atoms with Gasteiger partial charge in [-0.05, 0) is 19.3 Å². The van der Waals surface area contributed by atoms with E-state index in [2.05, 4.69) is 34.7 Å². The number of alkyl halides is 1. The number of morpholine rings is 1. The topological polar surface area (TPSA) is 12.5 Å². The summed E-state index contributed by atoms with van der Waals surface area (Å²) >= 11 is 3.60. The molecule has 1 aliphatic heterocycles. The van der Waals surface area contributed by atoms with Gasteiger partial charge in [0, 0.05) is 25.0 Å². The Labute approximate surface area is 96.1 Å². The normalized spacial score (nSPS) is 26.4. The van der Waals surface area contributed by atoms with Gasteiger partial charge in [0.2, 0.25) is 0 Å². The number of hydrogen-bond donors (Lipinski definition) is 0. The molecule has 3 heteroatoms. The second-order valence-electron chi connectivity index (χ2n) is 4.25. The highest BCUT2D eigenvalue weighted by Crippen LogP contribution is 2.14. The molecule has 0 spiro atoms. The second kappa shape index (κ2) is 6.81. The standard InChI is InChI=1S/C11H22BrNO/c1-3-4-11(7-12)9-13-5-6-14-10(2)8-13/h10-11H,3-9H2,1-2H3. The minimum atomic E-state index is 0.418. The third-order valence-corrected chi connectivity index (χ3v) is 3.67. The SMILES string of the molecule is CCCC(CBr)CN1CCOC(C)C1. The van der Waals surface area contributed by atoms with Crippen molar-refractivity contribution in [1.29, 1.82) is 0 Å². The van der Waals surface area contributed by atoms with Crippen molar-refractivity contribution in [2.24, 2.45) is 5.92 Å². The van der Waals surface area contributed by atoms with E-state index >= 15 is 0 Å². The van der Waals surface area contributed by atoms with Crippen molar-refractivity contribution in [3.8, 4) is 0 Å². The van der Waals surface area contributed by atoms with Crippen LogP contribution in [0.15, 0.2) is 0 Å². The zero-order valence-electron chi connectivity index (χ0n) is 9.34. The summed E-state index contributed by atoms with van der Waals surface area (Å²) in [4.78, 5) is 2.54. The molecule has 2 atom stereocenters. The first kappa shape index (κ1) is 12.5. The maximum Gasteiger partial charge on any atom is 0.0674 e. The largest absolute Gasteiger partial charge is 0.376 e. The third-order valence-electron chi connectivity index (χ3n) is 2.76. The summed E-state index contributed by atoms with van der Waals surface area (Å²) in [6.45, 7) is 8.77. The highest BCUT2D eigenvalue weighted by molar-refractivity contribution is 9.09. The smallest absolute Gasteiger partial charge is 0.0674 e. The minimum absolute atomic E-state index is 0.418. The minimum Gasteiger partial charge on any atom is -0.376 e. The van der Waals surface area contributed by atoms with Crippen LogP contribution in [0.5, 0.6) is 0 Å². The zero-order valence-corrected chi connectivity index (χ0v) is 10.9. The maximum atomic E-state index is 5.53. The lowest BCUT2D eigenvalue weighted by molar-refractivity contribution is -0.0224. The number of hydrogen-bond acceptors (Lipinski definition) is 2. The van der Waals surface area contributed by atoms with Crippen LogP contribution in [0.1, 0.15) is 26.7 Å². The van der Waals surface area contributed by atoms with Crippen LogP contribution in [-0.4, -0.2) is 42.6 Å². The molecule has 0 aromatic carbocycles. The predicted octanol–water partition coefficient (Wildman–Crippen LogP) is 2.52. The van der Waals surface area contributed by atoms with Crippen LogP contribution < -0.4 is 0 Å². The van der Waals surface area contributed by atoms with E-state index in [0.717, 1.165) is 30.9 Å². The molecule has 84 valence electrons. The molecule has 1 rings (SSSR count). The molecule has 0 amide bonds. The number of ether oxygens (including phenoxy) is 1. The van der Waals surface area contributed by atoms with Crippen LogP contribution in [0.25, 0.3) is 0 Å². The fourth-order valence-corrected chi connectivity index (χ4v) is 2.58. The Morgan fingerprint density at radius 2 is 2.36 bits per heavy atom. The summed E-state index contributed by atoms with van der Waals surface area (Å²) < 4.78 is 5.53. The zero-order chi connectivity index (χ0) is 10.4. The first-order valence-corrected chi connectivity index (χ1v) is 6.78. The molecular weight excluding hydrogens is 242 g/mol. The molecular formula is C11H22BrNO. The Bertz CT molecular complexity index is 154. The van der Waals surface area contributed by atoms with Gasteiger partial charge in [-0.1, -0.05) is 29.3 Å². The van der Waals surface area contributed by atoms with Gasteiger partial charge in [0.05, 0.1) is 12.7 Å². The van der Waals surface area contributed by atoms with E-state index in [-0.39, 0.29) is 0 Å². The van der Waals surface area contributed by atoms with Crippen LogP contribution in [0.4, 0.5) is 0 Å². The molecule has 0 saturated carbocycles. The fraction of sp³-hybridized carbons (Fsp3) is 1.00. The first-order valence-electron chi connectivity index (χ1n) is 5.66. The van der Waals surface area contributed by atoms with Gasteiger partial charge in [-0.3, -0.25) is 4.90 Å². The van der Waals surface area contributed by atoms with Gasteiger partial charge >= 0.3 is 0 Å². The summed E-state index contributed by atoms with van der Waals surface area (Å²) in [6, 6.07) is 0. The Hall–Kier alpha value is 0.400. The van der Waals surface area contributed by atoms with Gasteiger partial charge in [-0.2, -0.15) is 0 Å². The van der Waals surface area contributed by atoms with Crippen LogP contribution in [0.3, 0.4) is 0 Å². The summed E-state index contributed by atoms with van der Waals surface area (Å²) in [5.74, 6) is 0.810. The Morgan fingerprint density at radius 1 is 1.57 bits per heavy atom. The number of rotatable bonds is 5. The van der Waals surface area contributed by atoms with Gasteiger partial charge < -0.3 is 4.74 Å². The average molecular weight is 264 g/mol. The van der Waals surface area contributed by atoms with Crippen molar-refractivity contribution < 1.29 is 4.74 Å². The molecule has 0 aliphatic carbocycles. The van der Waals surface area contributed by atoms with E-state index in [9.17, 15) is 0 Å². The molecule has 1 heterocycles. The van der Waals surface area contributed by atoms with E-state index in [1.165, 1.54) is 19.4 Å². The monoisotopic (exact) mass is 263 g/mol. The van der Waals surface area contributed by atoms with E-state index < -0.39 is 0 Å². The van der Waals surface area contributed by atoms with E-state index in [4.69, 9.17) is 4.74 Å². The van der Waals surface area contributed by atoms with Gasteiger partial charge in [0.15, 0.2) is 0 Å². The molecule has 1 fully saturated rings. The number of halogens is 1. The average Bonchev–Trinajstić information content (AvgIpc) is 2.17. The predicted molar refractivity (Wildman–Crippen MR) is 64.0 cm³/mol. The van der Waals surface area contributed by atoms with Crippen LogP contribution in [0, 0.1) is 5.92 Å². The van der Waals surface area contributed by atoms with E-state index in [0.29, 0.717) is 6.10 Å². The fourth-order valence-electron chi connectivity index (χ4n) is 2.05. The van der Waals surface area contributed by atoms with Crippen LogP contribution >= 0.6 is 15.9 Å². The van der Waals surface area contributed by atoms with Crippen molar-refractivity contribution in [3.63, 3.8) is 0 Å². The quantitative estimate of drug-likeness (QED) is 0.707. The number of nitrogens with zero attached hydrogens (tertiary/aromatic N) is 1. The molecule has 0 bridgehead atoms. The highest BCUT2D eigenvalue weighted by atomic mass is 79.9. The Kier molecular flexibility index (Phi) is 6.06. The summed E-state index contributed by atoms with van der Waals surface area (Å²) in [5.41, 5.74) is 0. The van der Waals surface area contributed by atoms with Gasteiger partial charge in [0.1, 0.15) is 0 Å². The van der Waals surface area contributed by atoms with Crippen molar-refractivity contribution in [2.45, 2.75) is 32.8 Å². The summed E-state index contributed by atoms with van der Waals surface area (Å²) in [6.07, 6.45) is 3.04. The van der Waals surface area contributed by atoms with Gasteiger partial charge in [-0.25, -0.2) is 0 Å². The summed E-state index contributed by atoms with van der Waals surface area (Å²) in [5, 5.41) is 1.13. The molecule has 0 aromatic rings. The van der Waals surface area contributed by atoms with Crippen LogP contribution in [-0.2, 0) is 4.74 Å². The second-order valence-corrected chi connectivity index (χ2v) is 4.90. The maximum absolute atomic E-state index is 5.53. The van der Waals surface area contributed by atoms with Crippen molar-refractivity contribution in [3.05, 3.63) is 0 Å². The van der Waals surface area contributed by atoms with Crippen molar-refractivity contribution >= 4 is 15.9 Å². The lowest BCUT2D eigenvalue weighted by Gasteiger charge is -2.33. The lowest BCUT2D eigenvalue weighted by Crippen LogP contribution is -2.43. The molecule has 0 aromatic heterocycles. The molecule has 2 unspecified atom stereocenters. The van der Waals surface area contributed by atoms with Crippen LogP contribution in [0.2, 0.25) is 0 Å². The Balaban J connectivity index is 2.26. The van der Waals surface area contributed by atoms with Crippen molar-refractivity contribution in [2.75, 3.05) is 31.6 Å². The van der Waals surface area contributed by atoms with E-state index in [1.54, 1.807) is 0 Å². The summed E-state index contributed by atoms with van der Waals surface area (Å²) in [7, 11) is 0. The third kappa shape index (κ3) is 4.28. The molecule has 0 N–H and O–H groups in total. The molecule has 2 nitrogen and oxygen atoms in total.